The van der Waals surface area contributed by atoms with E-state index in [1.165, 1.54) is 22.2 Å². The maximum atomic E-state index is 13.0. The number of benzene rings is 2. The predicted octanol–water partition coefficient (Wildman–Crippen LogP) is 4.49. The third-order valence-corrected chi connectivity index (χ3v) is 6.05. The van der Waals surface area contributed by atoms with Crippen molar-refractivity contribution >= 4 is 39.8 Å². The quantitative estimate of drug-likeness (QED) is 0.636. The van der Waals surface area contributed by atoms with Gasteiger partial charge in [0, 0.05) is 31.6 Å². The van der Waals surface area contributed by atoms with E-state index in [4.69, 9.17) is 0 Å². The van der Waals surface area contributed by atoms with E-state index in [2.05, 4.69) is 38.4 Å². The van der Waals surface area contributed by atoms with Gasteiger partial charge in [0.25, 0.3) is 0 Å². The summed E-state index contributed by atoms with van der Waals surface area (Å²) in [4.78, 5) is 4.82. The number of aliphatic hydroxyl groups is 1. The standard InChI is InChI=1S/C21H24FN3OS.ClH/c22-17-9-7-16(8-10-17)19(26)5-3-11-24-12-14-25(15-13-24)21-18-4-1-2-6-20(18)27-23-21;/h1-2,4,6-10,19,26H,3,5,11-15H2;1H. The highest BCUT2D eigenvalue weighted by atomic mass is 35.5. The Hall–Kier alpha value is -1.73. The van der Waals surface area contributed by atoms with Crippen LogP contribution in [0.15, 0.2) is 48.5 Å². The summed E-state index contributed by atoms with van der Waals surface area (Å²) in [5.41, 5.74) is 0.789. The molecule has 0 spiro atoms. The van der Waals surface area contributed by atoms with Gasteiger partial charge in [0.1, 0.15) is 11.6 Å². The number of halogens is 2. The number of rotatable bonds is 6. The zero-order valence-electron chi connectivity index (χ0n) is 15.6. The van der Waals surface area contributed by atoms with Crippen LogP contribution in [0, 0.1) is 5.82 Å². The minimum Gasteiger partial charge on any atom is -0.388 e. The Morgan fingerprint density at radius 2 is 1.75 bits per heavy atom. The lowest BCUT2D eigenvalue weighted by Crippen LogP contribution is -2.46. The first-order valence-electron chi connectivity index (χ1n) is 9.46. The number of hydrogen-bond acceptors (Lipinski definition) is 5. The fourth-order valence-corrected chi connectivity index (χ4v) is 4.44. The Morgan fingerprint density at radius 1 is 1.04 bits per heavy atom. The Labute approximate surface area is 175 Å². The van der Waals surface area contributed by atoms with Crippen LogP contribution in [0.25, 0.3) is 10.1 Å². The van der Waals surface area contributed by atoms with Crippen LogP contribution in [0.3, 0.4) is 0 Å². The van der Waals surface area contributed by atoms with Gasteiger partial charge in [-0.25, -0.2) is 4.39 Å². The Kier molecular flexibility index (Phi) is 7.24. The summed E-state index contributed by atoms with van der Waals surface area (Å²) in [6.45, 7) is 4.96. The van der Waals surface area contributed by atoms with Gasteiger partial charge >= 0.3 is 0 Å². The largest absolute Gasteiger partial charge is 0.388 e. The third-order valence-electron chi connectivity index (χ3n) is 5.24. The number of anilines is 1. The predicted molar refractivity (Wildman–Crippen MR) is 116 cm³/mol. The van der Waals surface area contributed by atoms with Crippen LogP contribution in [-0.2, 0) is 0 Å². The van der Waals surface area contributed by atoms with Gasteiger partial charge in [0.05, 0.1) is 10.8 Å². The number of piperazine rings is 1. The van der Waals surface area contributed by atoms with Crippen LogP contribution >= 0.6 is 23.9 Å². The first-order chi connectivity index (χ1) is 13.2. The number of aliphatic hydroxyl groups excluding tert-OH is 1. The fraction of sp³-hybridized carbons (Fsp3) is 0.381. The van der Waals surface area contributed by atoms with Crippen molar-refractivity contribution in [3.05, 3.63) is 59.9 Å². The van der Waals surface area contributed by atoms with Gasteiger partial charge in [0.2, 0.25) is 0 Å². The molecule has 1 N–H and O–H groups in total. The summed E-state index contributed by atoms with van der Waals surface area (Å²) in [5.74, 6) is 0.846. The van der Waals surface area contributed by atoms with E-state index >= 15 is 0 Å². The average Bonchev–Trinajstić information content (AvgIpc) is 3.13. The molecule has 1 aliphatic heterocycles. The molecule has 150 valence electrons. The Balaban J connectivity index is 0.00000225. The fourth-order valence-electron chi connectivity index (χ4n) is 3.64. The summed E-state index contributed by atoms with van der Waals surface area (Å²) in [5, 5.41) is 11.5. The van der Waals surface area contributed by atoms with Crippen LogP contribution in [0.1, 0.15) is 24.5 Å². The van der Waals surface area contributed by atoms with Gasteiger partial charge in [-0.1, -0.05) is 24.3 Å². The van der Waals surface area contributed by atoms with Crippen LogP contribution in [-0.4, -0.2) is 47.1 Å². The van der Waals surface area contributed by atoms with E-state index in [0.29, 0.717) is 6.42 Å². The molecule has 4 rings (SSSR count). The molecule has 1 atom stereocenters. The molecular formula is C21H25ClFN3OS. The van der Waals surface area contributed by atoms with Gasteiger partial charge in [-0.3, -0.25) is 4.90 Å². The second kappa shape index (κ2) is 9.65. The second-order valence-corrected chi connectivity index (χ2v) is 7.85. The van der Waals surface area contributed by atoms with Crippen molar-refractivity contribution in [1.29, 1.82) is 0 Å². The Bertz CT molecular complexity index is 881. The summed E-state index contributed by atoms with van der Waals surface area (Å²) in [6.07, 6.45) is 1.11. The molecule has 1 unspecified atom stereocenters. The second-order valence-electron chi connectivity index (χ2n) is 7.04. The molecular weight excluding hydrogens is 397 g/mol. The maximum Gasteiger partial charge on any atom is 0.150 e. The molecule has 0 amide bonds. The number of nitrogens with zero attached hydrogens (tertiary/aromatic N) is 3. The van der Waals surface area contributed by atoms with E-state index in [1.54, 1.807) is 23.7 Å². The average molecular weight is 422 g/mol. The van der Waals surface area contributed by atoms with Gasteiger partial charge in [-0.05, 0) is 60.7 Å². The first kappa shape index (κ1) is 21.0. The zero-order chi connectivity index (χ0) is 18.6. The summed E-state index contributed by atoms with van der Waals surface area (Å²) in [6, 6.07) is 14.5. The van der Waals surface area contributed by atoms with Crippen molar-refractivity contribution in [2.45, 2.75) is 18.9 Å². The van der Waals surface area contributed by atoms with Crippen molar-refractivity contribution in [1.82, 2.24) is 9.27 Å². The molecule has 4 nitrogen and oxygen atoms in total. The summed E-state index contributed by atoms with van der Waals surface area (Å²) < 4.78 is 18.9. The van der Waals surface area contributed by atoms with Crippen LogP contribution in [0.4, 0.5) is 10.2 Å². The van der Waals surface area contributed by atoms with Crippen LogP contribution in [0.2, 0.25) is 0 Å². The first-order valence-corrected chi connectivity index (χ1v) is 10.2. The SMILES string of the molecule is Cl.OC(CCCN1CCN(c2nsc3ccccc23)CC1)c1ccc(F)cc1. The van der Waals surface area contributed by atoms with Gasteiger partial charge in [0.15, 0.2) is 0 Å². The topological polar surface area (TPSA) is 39.6 Å². The number of hydrogen-bond donors (Lipinski definition) is 1. The van der Waals surface area contributed by atoms with Crippen molar-refractivity contribution in [3.63, 3.8) is 0 Å². The van der Waals surface area contributed by atoms with E-state index in [0.717, 1.165) is 50.5 Å². The molecule has 0 aliphatic carbocycles. The smallest absolute Gasteiger partial charge is 0.150 e. The van der Waals surface area contributed by atoms with Crippen molar-refractivity contribution in [2.75, 3.05) is 37.6 Å². The van der Waals surface area contributed by atoms with E-state index in [1.807, 2.05) is 0 Å². The lowest BCUT2D eigenvalue weighted by Gasteiger charge is -2.35. The van der Waals surface area contributed by atoms with Crippen LogP contribution in [0.5, 0.6) is 0 Å². The molecule has 1 aromatic heterocycles. The molecule has 0 radical (unpaired) electrons. The molecule has 1 saturated heterocycles. The van der Waals surface area contributed by atoms with Gasteiger partial charge in [-0.15, -0.1) is 12.4 Å². The third kappa shape index (κ3) is 4.81. The van der Waals surface area contributed by atoms with Gasteiger partial charge in [-0.2, -0.15) is 4.37 Å². The van der Waals surface area contributed by atoms with Crippen molar-refractivity contribution in [2.24, 2.45) is 0 Å². The highest BCUT2D eigenvalue weighted by Crippen LogP contribution is 2.29. The molecule has 3 aromatic rings. The highest BCUT2D eigenvalue weighted by molar-refractivity contribution is 7.13. The van der Waals surface area contributed by atoms with Gasteiger partial charge < -0.3 is 10.0 Å². The molecule has 2 aromatic carbocycles. The molecule has 28 heavy (non-hydrogen) atoms. The normalized spacial score (nSPS) is 16.1. The zero-order valence-corrected chi connectivity index (χ0v) is 17.3. The highest BCUT2D eigenvalue weighted by Gasteiger charge is 2.20. The monoisotopic (exact) mass is 421 g/mol. The minimum absolute atomic E-state index is 0. The lowest BCUT2D eigenvalue weighted by atomic mass is 10.0. The lowest BCUT2D eigenvalue weighted by molar-refractivity contribution is 0.154. The van der Waals surface area contributed by atoms with E-state index < -0.39 is 6.10 Å². The summed E-state index contributed by atoms with van der Waals surface area (Å²) >= 11 is 1.57. The van der Waals surface area contributed by atoms with Crippen molar-refractivity contribution < 1.29 is 9.50 Å². The van der Waals surface area contributed by atoms with Crippen molar-refractivity contribution in [3.8, 4) is 0 Å². The molecule has 0 saturated carbocycles. The number of aromatic nitrogens is 1. The molecule has 0 bridgehead atoms. The molecule has 1 aliphatic rings. The van der Waals surface area contributed by atoms with E-state index in [-0.39, 0.29) is 18.2 Å². The summed E-state index contributed by atoms with van der Waals surface area (Å²) in [7, 11) is 0. The maximum absolute atomic E-state index is 13.0. The Morgan fingerprint density at radius 3 is 2.50 bits per heavy atom. The molecule has 2 heterocycles. The molecule has 7 heteroatoms. The minimum atomic E-state index is -0.520. The number of fused-ring (bicyclic) bond motifs is 1. The van der Waals surface area contributed by atoms with Crippen LogP contribution < -0.4 is 4.90 Å². The molecule has 1 fully saturated rings. The van der Waals surface area contributed by atoms with E-state index in [9.17, 15) is 9.50 Å².